The second-order valence-electron chi connectivity index (χ2n) is 3.33. The fourth-order valence-electron chi connectivity index (χ4n) is 0.477. The Balaban J connectivity index is 3.57. The van der Waals surface area contributed by atoms with Gasteiger partial charge in [-0.3, -0.25) is 4.57 Å². The molecule has 0 radical (unpaired) electrons. The molecule has 1 atom stereocenters. The minimum atomic E-state index is -2.45. The molecular formula is C5H15N4O2P+2. The van der Waals surface area contributed by atoms with Crippen LogP contribution in [0.4, 0.5) is 0 Å². The van der Waals surface area contributed by atoms with Crippen molar-refractivity contribution in [3.63, 3.8) is 0 Å². The summed E-state index contributed by atoms with van der Waals surface area (Å²) in [5.74, 6) is 0. The van der Waals surface area contributed by atoms with Crippen LogP contribution in [0.1, 0.15) is 0 Å². The number of hydrogen-bond donors (Lipinski definition) is 1. The lowest BCUT2D eigenvalue weighted by atomic mass is 10.5. The van der Waals surface area contributed by atoms with E-state index in [0.29, 0.717) is 6.61 Å². The monoisotopic (exact) mass is 194 g/mol. The lowest BCUT2D eigenvalue weighted by Gasteiger charge is -2.22. The standard InChI is InChI=1S/C5H15N4O2P/c1-9(2,3)4-5-11-12(10)8-7-6/h6,12H,4-5H2,1-3H3/q+2. The molecular weight excluding hydrogens is 179 g/mol. The first-order chi connectivity index (χ1) is 5.45. The van der Waals surface area contributed by atoms with Gasteiger partial charge in [0, 0.05) is 0 Å². The molecule has 7 heteroatoms. The maximum absolute atomic E-state index is 10.7. The summed E-state index contributed by atoms with van der Waals surface area (Å²) < 4.78 is 16.3. The maximum Gasteiger partial charge on any atom is 0.387 e. The Morgan fingerprint density at radius 1 is 1.58 bits per heavy atom. The zero-order valence-electron chi connectivity index (χ0n) is 7.57. The van der Waals surface area contributed by atoms with Gasteiger partial charge in [0.2, 0.25) is 9.80 Å². The van der Waals surface area contributed by atoms with Crippen molar-refractivity contribution in [2.75, 3.05) is 34.3 Å². The molecule has 0 rings (SSSR count). The van der Waals surface area contributed by atoms with Crippen molar-refractivity contribution in [3.05, 3.63) is 0 Å². The van der Waals surface area contributed by atoms with Crippen LogP contribution in [-0.4, -0.2) is 38.8 Å². The number of nitrogens with zero attached hydrogens (tertiary/aromatic N) is 3. The zero-order chi connectivity index (χ0) is 9.61. The second kappa shape index (κ2) is 5.17. The normalized spacial score (nSPS) is 13.6. The van der Waals surface area contributed by atoms with Gasteiger partial charge in [-0.25, -0.2) is 0 Å². The molecule has 70 valence electrons. The Kier molecular flexibility index (Phi) is 4.93. The van der Waals surface area contributed by atoms with E-state index in [4.69, 9.17) is 10.1 Å². The number of likely N-dealkylation sites (N-methyl/N-ethyl adjacent to an activating group) is 1. The van der Waals surface area contributed by atoms with Gasteiger partial charge in [-0.2, -0.15) is 0 Å². The molecule has 0 spiro atoms. The summed E-state index contributed by atoms with van der Waals surface area (Å²) in [6, 6.07) is 0. The highest BCUT2D eigenvalue weighted by Gasteiger charge is 2.08. The van der Waals surface area contributed by atoms with E-state index in [9.17, 15) is 4.57 Å². The highest BCUT2D eigenvalue weighted by Crippen LogP contribution is 2.21. The number of quaternary nitrogens is 1. The molecule has 0 bridgehead atoms. The number of hydrogen-bond acceptors (Lipinski definition) is 3. The molecule has 0 aromatic rings. The SMILES string of the molecule is C[N+](C)(C)CCO[PH](=O)N=[N+]=N. The van der Waals surface area contributed by atoms with Gasteiger partial charge >= 0.3 is 8.18 Å². The van der Waals surface area contributed by atoms with E-state index in [1.807, 2.05) is 21.1 Å². The second-order valence-corrected chi connectivity index (χ2v) is 4.35. The van der Waals surface area contributed by atoms with Crippen LogP contribution in [0.3, 0.4) is 0 Å². The van der Waals surface area contributed by atoms with Gasteiger partial charge < -0.3 is 9.01 Å². The van der Waals surface area contributed by atoms with E-state index < -0.39 is 8.18 Å². The molecule has 0 fully saturated rings. The fraction of sp³-hybridized carbons (Fsp3) is 1.00. The van der Waals surface area contributed by atoms with Crippen LogP contribution in [0.2, 0.25) is 0 Å². The van der Waals surface area contributed by atoms with E-state index in [1.54, 1.807) is 0 Å². The van der Waals surface area contributed by atoms with Gasteiger partial charge in [-0.05, 0) is 0 Å². The van der Waals surface area contributed by atoms with Crippen LogP contribution in [0.15, 0.2) is 4.88 Å². The summed E-state index contributed by atoms with van der Waals surface area (Å²) in [5, 5.41) is 0. The molecule has 0 saturated heterocycles. The first kappa shape index (κ1) is 11.5. The summed E-state index contributed by atoms with van der Waals surface area (Å²) in [7, 11) is 3.57. The van der Waals surface area contributed by atoms with Crippen molar-refractivity contribution in [1.29, 1.82) is 5.53 Å². The first-order valence-electron chi connectivity index (χ1n) is 3.50. The molecule has 0 amide bonds. The third kappa shape index (κ3) is 7.57. The largest absolute Gasteiger partial charge is 0.387 e. The highest BCUT2D eigenvalue weighted by molar-refractivity contribution is 7.37. The van der Waals surface area contributed by atoms with Crippen molar-refractivity contribution in [2.45, 2.75) is 0 Å². The van der Waals surface area contributed by atoms with Gasteiger partial charge in [0.25, 0.3) is 0 Å². The van der Waals surface area contributed by atoms with Crippen molar-refractivity contribution >= 4 is 8.18 Å². The molecule has 0 aromatic carbocycles. The smallest absolute Gasteiger partial charge is 0.329 e. The molecule has 0 saturated carbocycles. The summed E-state index contributed by atoms with van der Waals surface area (Å²) >= 11 is 0. The van der Waals surface area contributed by atoms with Crippen molar-refractivity contribution in [2.24, 2.45) is 4.88 Å². The third-order valence-corrected chi connectivity index (χ3v) is 1.83. The van der Waals surface area contributed by atoms with Crippen molar-refractivity contribution in [3.8, 4) is 0 Å². The van der Waals surface area contributed by atoms with E-state index >= 15 is 0 Å². The van der Waals surface area contributed by atoms with Gasteiger partial charge in [0.1, 0.15) is 18.7 Å². The van der Waals surface area contributed by atoms with E-state index in [0.717, 1.165) is 11.0 Å². The predicted octanol–water partition coefficient (Wildman–Crippen LogP) is 0.649. The molecule has 0 aliphatic heterocycles. The lowest BCUT2D eigenvalue weighted by Crippen LogP contribution is -2.37. The van der Waals surface area contributed by atoms with Gasteiger partial charge in [-0.15, -0.1) is 0 Å². The van der Waals surface area contributed by atoms with Crippen LogP contribution in [0.5, 0.6) is 0 Å². The summed E-state index contributed by atoms with van der Waals surface area (Å²) in [6.45, 7) is 1.13. The predicted molar refractivity (Wildman–Crippen MR) is 45.1 cm³/mol. The first-order valence-corrected chi connectivity index (χ1v) is 4.77. The molecule has 1 unspecified atom stereocenters. The molecule has 0 aliphatic carbocycles. The fourth-order valence-corrected chi connectivity index (χ4v) is 0.882. The average molecular weight is 194 g/mol. The average Bonchev–Trinajstić information content (AvgIpc) is 1.84. The summed E-state index contributed by atoms with van der Waals surface area (Å²) in [5.41, 5.74) is 6.29. The number of nitrogens with one attached hydrogen (secondary N) is 1. The molecule has 0 heterocycles. The zero-order valence-corrected chi connectivity index (χ0v) is 8.57. The van der Waals surface area contributed by atoms with Crippen LogP contribution in [-0.2, 0) is 9.09 Å². The van der Waals surface area contributed by atoms with E-state index in [-0.39, 0.29) is 0 Å². The molecule has 0 aromatic heterocycles. The number of rotatable bonds is 5. The van der Waals surface area contributed by atoms with Crippen LogP contribution in [0, 0.1) is 5.53 Å². The Hall–Kier alpha value is -0.540. The van der Waals surface area contributed by atoms with Gasteiger partial charge in [-0.1, -0.05) is 0 Å². The lowest BCUT2D eigenvalue weighted by molar-refractivity contribution is -0.870. The highest BCUT2D eigenvalue weighted by atomic mass is 31.1. The van der Waals surface area contributed by atoms with E-state index in [1.165, 1.54) is 0 Å². The Morgan fingerprint density at radius 3 is 2.58 bits per heavy atom. The summed E-state index contributed by atoms with van der Waals surface area (Å²) in [6.07, 6.45) is 0. The topological polar surface area (TPSA) is 76.6 Å². The third-order valence-electron chi connectivity index (χ3n) is 1.12. The minimum absolute atomic E-state index is 0.375. The van der Waals surface area contributed by atoms with Crippen molar-refractivity contribution in [1.82, 2.24) is 4.91 Å². The minimum Gasteiger partial charge on any atom is -0.329 e. The van der Waals surface area contributed by atoms with E-state index in [2.05, 4.69) is 9.80 Å². The maximum atomic E-state index is 10.7. The van der Waals surface area contributed by atoms with Crippen LogP contribution in [0.25, 0.3) is 0 Å². The summed E-state index contributed by atoms with van der Waals surface area (Å²) in [4.78, 5) is 5.68. The Labute approximate surface area is 72.3 Å². The van der Waals surface area contributed by atoms with Crippen LogP contribution < -0.4 is 4.91 Å². The molecule has 12 heavy (non-hydrogen) atoms. The van der Waals surface area contributed by atoms with Crippen molar-refractivity contribution < 1.29 is 13.6 Å². The van der Waals surface area contributed by atoms with Crippen LogP contribution >= 0.6 is 8.18 Å². The quantitative estimate of drug-likeness (QED) is 0.302. The van der Waals surface area contributed by atoms with Gasteiger partial charge in [0.05, 0.1) is 21.1 Å². The molecule has 0 aliphatic rings. The molecule has 6 nitrogen and oxygen atoms in total. The molecule has 1 N–H and O–H groups in total. The van der Waals surface area contributed by atoms with Gasteiger partial charge in [0.15, 0.2) is 0 Å². The Bertz CT molecular complexity index is 206. The Morgan fingerprint density at radius 2 is 2.17 bits per heavy atom.